The minimum absolute atomic E-state index is 0.00764. The summed E-state index contributed by atoms with van der Waals surface area (Å²) < 4.78 is 16.5. The van der Waals surface area contributed by atoms with Gasteiger partial charge in [0.1, 0.15) is 35.4 Å². The van der Waals surface area contributed by atoms with Crippen molar-refractivity contribution in [3.05, 3.63) is 87.9 Å². The molecule has 0 bridgehead atoms. The Balaban J connectivity index is 1.48. The van der Waals surface area contributed by atoms with Gasteiger partial charge in [0.05, 0.1) is 16.8 Å². The zero-order valence-corrected chi connectivity index (χ0v) is 17.3. The van der Waals surface area contributed by atoms with E-state index in [0.29, 0.717) is 27.8 Å². The topological polar surface area (TPSA) is 74.5 Å². The van der Waals surface area contributed by atoms with Crippen LogP contribution in [0.2, 0.25) is 5.15 Å². The normalized spacial score (nSPS) is 10.9. The van der Waals surface area contributed by atoms with Gasteiger partial charge in [-0.05, 0) is 38.1 Å². The van der Waals surface area contributed by atoms with Crippen LogP contribution in [0.25, 0.3) is 10.9 Å². The van der Waals surface area contributed by atoms with Crippen molar-refractivity contribution in [2.24, 2.45) is 0 Å². The molecule has 0 fully saturated rings. The van der Waals surface area contributed by atoms with Crippen LogP contribution in [0.1, 0.15) is 32.9 Å². The molecule has 0 unspecified atom stereocenters. The number of halogens is 1. The summed E-state index contributed by atoms with van der Waals surface area (Å²) in [4.78, 5) is 17.1. The molecule has 2 aromatic carbocycles. The lowest BCUT2D eigenvalue weighted by Crippen LogP contribution is -2.09. The maximum absolute atomic E-state index is 12.7. The Hall–Kier alpha value is -3.38. The Kier molecular flexibility index (Phi) is 5.68. The smallest absolute Gasteiger partial charge is 0.342 e. The van der Waals surface area contributed by atoms with Crippen LogP contribution < -0.4 is 4.74 Å². The number of nitrogens with zero attached hydrogens (tertiary/aromatic N) is 2. The van der Waals surface area contributed by atoms with E-state index in [9.17, 15) is 4.79 Å². The Labute approximate surface area is 178 Å². The third-order valence-corrected chi connectivity index (χ3v) is 5.10. The number of para-hydroxylation sites is 2. The molecule has 0 aliphatic heterocycles. The summed E-state index contributed by atoms with van der Waals surface area (Å²) >= 11 is 6.26. The van der Waals surface area contributed by atoms with Crippen LogP contribution in [0.5, 0.6) is 5.75 Å². The quantitative estimate of drug-likeness (QED) is 0.304. The fraction of sp³-hybridized carbons (Fsp3) is 0.174. The van der Waals surface area contributed by atoms with E-state index in [0.717, 1.165) is 22.2 Å². The number of carbonyl (C=O) groups excluding carboxylic acids is 1. The van der Waals surface area contributed by atoms with Crippen molar-refractivity contribution in [2.75, 3.05) is 0 Å². The van der Waals surface area contributed by atoms with Crippen molar-refractivity contribution >= 4 is 28.5 Å². The molecule has 0 saturated carbocycles. The standard InChI is InChI=1S/C23H19ClN2O4/c1-14-19(15(2)30-26-14)13-28-21-10-6-4-8-18(21)23(27)29-12-17-11-16-7-3-5-9-20(16)25-22(17)24/h3-11H,12-13H2,1-2H3. The Morgan fingerprint density at radius 3 is 2.63 bits per heavy atom. The van der Waals surface area contributed by atoms with Gasteiger partial charge in [-0.1, -0.05) is 47.1 Å². The lowest BCUT2D eigenvalue weighted by molar-refractivity contribution is 0.0467. The highest BCUT2D eigenvalue weighted by Gasteiger charge is 2.17. The number of rotatable bonds is 6. The SMILES string of the molecule is Cc1noc(C)c1COc1ccccc1C(=O)OCc1cc2ccccc2nc1Cl. The van der Waals surface area contributed by atoms with E-state index in [2.05, 4.69) is 10.1 Å². The van der Waals surface area contributed by atoms with E-state index in [1.54, 1.807) is 24.3 Å². The molecule has 6 nitrogen and oxygen atoms in total. The second-order valence-corrected chi connectivity index (χ2v) is 7.15. The predicted molar refractivity (Wildman–Crippen MR) is 113 cm³/mol. The van der Waals surface area contributed by atoms with E-state index < -0.39 is 5.97 Å². The number of benzene rings is 2. The first kappa shape index (κ1) is 19.9. The van der Waals surface area contributed by atoms with E-state index in [-0.39, 0.29) is 13.2 Å². The highest BCUT2D eigenvalue weighted by atomic mass is 35.5. The van der Waals surface area contributed by atoms with Crippen LogP contribution in [-0.2, 0) is 18.0 Å². The van der Waals surface area contributed by atoms with Crippen molar-refractivity contribution in [1.29, 1.82) is 0 Å². The lowest BCUT2D eigenvalue weighted by atomic mass is 10.1. The van der Waals surface area contributed by atoms with Crippen molar-refractivity contribution < 1.29 is 18.8 Å². The second kappa shape index (κ2) is 8.55. The van der Waals surface area contributed by atoms with Crippen molar-refractivity contribution in [3.8, 4) is 5.75 Å². The van der Waals surface area contributed by atoms with Crippen LogP contribution in [0.4, 0.5) is 0 Å². The highest BCUT2D eigenvalue weighted by molar-refractivity contribution is 6.30. The maximum Gasteiger partial charge on any atom is 0.342 e. The van der Waals surface area contributed by atoms with Gasteiger partial charge >= 0.3 is 5.97 Å². The van der Waals surface area contributed by atoms with Gasteiger partial charge in [0, 0.05) is 10.9 Å². The molecule has 152 valence electrons. The number of esters is 1. The largest absolute Gasteiger partial charge is 0.488 e. The van der Waals surface area contributed by atoms with Gasteiger partial charge < -0.3 is 14.0 Å². The summed E-state index contributed by atoms with van der Waals surface area (Å²) in [6, 6.07) is 16.4. The van der Waals surface area contributed by atoms with Crippen molar-refractivity contribution in [1.82, 2.24) is 10.1 Å². The molecule has 0 spiro atoms. The molecule has 0 amide bonds. The molecule has 0 aliphatic rings. The number of hydrogen-bond donors (Lipinski definition) is 0. The molecule has 0 radical (unpaired) electrons. The van der Waals surface area contributed by atoms with Gasteiger partial charge in [-0.2, -0.15) is 0 Å². The van der Waals surface area contributed by atoms with Gasteiger partial charge in [-0.15, -0.1) is 0 Å². The number of pyridine rings is 1. The van der Waals surface area contributed by atoms with Crippen LogP contribution in [0.15, 0.2) is 59.1 Å². The summed E-state index contributed by atoms with van der Waals surface area (Å²) in [5.74, 6) is 0.602. The molecule has 7 heteroatoms. The van der Waals surface area contributed by atoms with Gasteiger partial charge in [0.25, 0.3) is 0 Å². The number of carbonyl (C=O) groups is 1. The lowest BCUT2D eigenvalue weighted by Gasteiger charge is -2.12. The molecule has 2 heterocycles. The zero-order chi connectivity index (χ0) is 21.1. The van der Waals surface area contributed by atoms with E-state index >= 15 is 0 Å². The first-order valence-electron chi connectivity index (χ1n) is 9.38. The Bertz CT molecular complexity index is 1200. The van der Waals surface area contributed by atoms with E-state index in [1.807, 2.05) is 44.2 Å². The predicted octanol–water partition coefficient (Wildman–Crippen LogP) is 5.43. The molecule has 4 aromatic rings. The summed E-state index contributed by atoms with van der Waals surface area (Å²) in [5.41, 5.74) is 3.36. The van der Waals surface area contributed by atoms with Crippen LogP contribution in [-0.4, -0.2) is 16.1 Å². The molecular formula is C23H19ClN2O4. The fourth-order valence-corrected chi connectivity index (χ4v) is 3.28. The molecule has 0 N–H and O–H groups in total. The summed E-state index contributed by atoms with van der Waals surface area (Å²) in [6.45, 7) is 3.91. The molecule has 0 saturated heterocycles. The second-order valence-electron chi connectivity index (χ2n) is 6.79. The molecular weight excluding hydrogens is 404 g/mol. The third kappa shape index (κ3) is 4.14. The molecule has 0 aliphatic carbocycles. The number of ether oxygens (including phenoxy) is 2. The van der Waals surface area contributed by atoms with Crippen molar-refractivity contribution in [3.63, 3.8) is 0 Å². The number of hydrogen-bond acceptors (Lipinski definition) is 6. The van der Waals surface area contributed by atoms with Crippen LogP contribution in [0.3, 0.4) is 0 Å². The summed E-state index contributed by atoms with van der Waals surface area (Å²) in [7, 11) is 0. The first-order valence-corrected chi connectivity index (χ1v) is 9.75. The van der Waals surface area contributed by atoms with Gasteiger partial charge in [-0.25, -0.2) is 9.78 Å². The maximum atomic E-state index is 12.7. The minimum atomic E-state index is -0.506. The third-order valence-electron chi connectivity index (χ3n) is 4.77. The van der Waals surface area contributed by atoms with Crippen LogP contribution >= 0.6 is 11.6 Å². The Morgan fingerprint density at radius 1 is 1.07 bits per heavy atom. The number of aromatic nitrogens is 2. The monoisotopic (exact) mass is 422 g/mol. The number of aryl methyl sites for hydroxylation is 2. The molecule has 0 atom stereocenters. The fourth-order valence-electron chi connectivity index (χ4n) is 3.08. The molecule has 4 rings (SSSR count). The minimum Gasteiger partial charge on any atom is -0.488 e. The van der Waals surface area contributed by atoms with E-state index in [4.69, 9.17) is 25.6 Å². The molecule has 30 heavy (non-hydrogen) atoms. The first-order chi connectivity index (χ1) is 14.5. The molecule has 2 aromatic heterocycles. The van der Waals surface area contributed by atoms with Gasteiger partial charge in [0.15, 0.2) is 0 Å². The van der Waals surface area contributed by atoms with Crippen molar-refractivity contribution in [2.45, 2.75) is 27.1 Å². The Morgan fingerprint density at radius 2 is 1.83 bits per heavy atom. The summed E-state index contributed by atoms with van der Waals surface area (Å²) in [6.07, 6.45) is 0. The van der Waals surface area contributed by atoms with Crippen LogP contribution in [0, 0.1) is 13.8 Å². The zero-order valence-electron chi connectivity index (χ0n) is 16.5. The van der Waals surface area contributed by atoms with Gasteiger partial charge in [0.2, 0.25) is 0 Å². The highest BCUT2D eigenvalue weighted by Crippen LogP contribution is 2.24. The average molecular weight is 423 g/mol. The number of fused-ring (bicyclic) bond motifs is 1. The van der Waals surface area contributed by atoms with E-state index in [1.165, 1.54) is 0 Å². The van der Waals surface area contributed by atoms with Gasteiger partial charge in [-0.3, -0.25) is 0 Å². The average Bonchev–Trinajstić information content (AvgIpc) is 3.08. The summed E-state index contributed by atoms with van der Waals surface area (Å²) in [5, 5.41) is 5.15.